The molecule has 27 heavy (non-hydrogen) atoms. The van der Waals surface area contributed by atoms with Crippen LogP contribution in [0.25, 0.3) is 0 Å². The Bertz CT molecular complexity index is 1060. The van der Waals surface area contributed by atoms with Crippen molar-refractivity contribution in [3.8, 4) is 0 Å². The molecule has 3 aromatic rings. The molecule has 0 bridgehead atoms. The summed E-state index contributed by atoms with van der Waals surface area (Å²) in [6, 6.07) is 22.9. The van der Waals surface area contributed by atoms with E-state index in [4.69, 9.17) is 16.4 Å². The van der Waals surface area contributed by atoms with Gasteiger partial charge in [-0.2, -0.15) is 0 Å². The van der Waals surface area contributed by atoms with Gasteiger partial charge in [-0.05, 0) is 30.3 Å². The van der Waals surface area contributed by atoms with Crippen LogP contribution >= 0.6 is 11.6 Å². The van der Waals surface area contributed by atoms with Crippen molar-refractivity contribution in [3.05, 3.63) is 95.0 Å². The molecule has 0 fully saturated rings. The predicted octanol–water partition coefficient (Wildman–Crippen LogP) is 4.58. The predicted molar refractivity (Wildman–Crippen MR) is 103 cm³/mol. The summed E-state index contributed by atoms with van der Waals surface area (Å²) in [5.74, 6) is -1.09. The molecule has 0 aliphatic carbocycles. The molecular weight excluding hydrogens is 364 g/mol. The quantitative estimate of drug-likeness (QED) is 0.496. The molecular formula is C21H13ClN2O3. The summed E-state index contributed by atoms with van der Waals surface area (Å²) in [6.45, 7) is 0. The van der Waals surface area contributed by atoms with Crippen molar-refractivity contribution in [2.24, 2.45) is 5.16 Å². The summed E-state index contributed by atoms with van der Waals surface area (Å²) in [4.78, 5) is 31.8. The van der Waals surface area contributed by atoms with E-state index in [0.717, 1.165) is 0 Å². The van der Waals surface area contributed by atoms with Crippen LogP contribution in [0, 0.1) is 0 Å². The number of anilines is 2. The molecule has 4 rings (SSSR count). The minimum Gasteiger partial charge on any atom is -0.312 e. The third-order valence-corrected chi connectivity index (χ3v) is 4.46. The molecule has 0 saturated heterocycles. The molecule has 0 aromatic heterocycles. The standard InChI is InChI=1S/C21H13ClN2O3/c22-17-12-6-4-10-15(17)21(26)27-23-19-16-11-5-7-13-18(16)24(20(19)25)14-8-2-1-3-9-14/h1-13H/b23-19+. The first-order chi connectivity index (χ1) is 13.2. The number of oxime groups is 1. The molecule has 0 saturated carbocycles. The summed E-state index contributed by atoms with van der Waals surface area (Å²) in [5.41, 5.74) is 2.23. The molecule has 1 amide bonds. The van der Waals surface area contributed by atoms with Crippen LogP contribution in [0.2, 0.25) is 5.02 Å². The van der Waals surface area contributed by atoms with Gasteiger partial charge in [0.05, 0.1) is 16.3 Å². The lowest BCUT2D eigenvalue weighted by Crippen LogP contribution is -2.25. The highest BCUT2D eigenvalue weighted by atomic mass is 35.5. The van der Waals surface area contributed by atoms with Gasteiger partial charge in [0.15, 0.2) is 5.71 Å². The number of rotatable bonds is 3. The van der Waals surface area contributed by atoms with Crippen molar-refractivity contribution in [1.29, 1.82) is 0 Å². The van der Waals surface area contributed by atoms with E-state index in [9.17, 15) is 9.59 Å². The topological polar surface area (TPSA) is 59.0 Å². The Balaban J connectivity index is 1.69. The van der Waals surface area contributed by atoms with Crippen molar-refractivity contribution in [3.63, 3.8) is 0 Å². The lowest BCUT2D eigenvalue weighted by atomic mass is 10.1. The maximum absolute atomic E-state index is 13.0. The molecule has 0 spiro atoms. The first kappa shape index (κ1) is 17.0. The van der Waals surface area contributed by atoms with E-state index in [1.54, 1.807) is 30.3 Å². The Labute approximate surface area is 160 Å². The van der Waals surface area contributed by atoms with Crippen molar-refractivity contribution in [2.75, 3.05) is 4.90 Å². The number of hydrogen-bond acceptors (Lipinski definition) is 4. The van der Waals surface area contributed by atoms with E-state index in [1.165, 1.54) is 11.0 Å². The molecule has 0 radical (unpaired) electrons. The number of para-hydroxylation sites is 2. The number of amides is 1. The van der Waals surface area contributed by atoms with Gasteiger partial charge >= 0.3 is 5.97 Å². The summed E-state index contributed by atoms with van der Waals surface area (Å²) < 4.78 is 0. The maximum atomic E-state index is 13.0. The summed E-state index contributed by atoms with van der Waals surface area (Å²) in [6.07, 6.45) is 0. The molecule has 6 heteroatoms. The van der Waals surface area contributed by atoms with Crippen molar-refractivity contribution >= 4 is 40.6 Å². The first-order valence-electron chi connectivity index (χ1n) is 8.19. The average molecular weight is 377 g/mol. The zero-order valence-electron chi connectivity index (χ0n) is 14.0. The summed E-state index contributed by atoms with van der Waals surface area (Å²) in [7, 11) is 0. The van der Waals surface area contributed by atoms with Crippen LogP contribution in [0.3, 0.4) is 0 Å². The van der Waals surface area contributed by atoms with E-state index >= 15 is 0 Å². The van der Waals surface area contributed by atoms with Gasteiger partial charge in [0.2, 0.25) is 0 Å². The third-order valence-electron chi connectivity index (χ3n) is 4.13. The van der Waals surface area contributed by atoms with E-state index in [1.807, 2.05) is 42.5 Å². The molecule has 0 atom stereocenters. The van der Waals surface area contributed by atoms with Gasteiger partial charge < -0.3 is 4.84 Å². The average Bonchev–Trinajstić information content (AvgIpc) is 2.98. The number of halogens is 1. The van der Waals surface area contributed by atoms with Gasteiger partial charge in [-0.3, -0.25) is 9.69 Å². The monoisotopic (exact) mass is 376 g/mol. The molecule has 0 N–H and O–H groups in total. The molecule has 1 aliphatic heterocycles. The Kier molecular flexibility index (Phi) is 4.44. The van der Waals surface area contributed by atoms with Gasteiger partial charge in [0, 0.05) is 11.3 Å². The van der Waals surface area contributed by atoms with Gasteiger partial charge in [-0.1, -0.05) is 65.3 Å². The highest BCUT2D eigenvalue weighted by Gasteiger charge is 2.35. The first-order valence-corrected chi connectivity index (χ1v) is 8.57. The van der Waals surface area contributed by atoms with Crippen LogP contribution in [-0.4, -0.2) is 17.6 Å². The fourth-order valence-electron chi connectivity index (χ4n) is 2.88. The SMILES string of the molecule is O=C(O/N=C1/C(=O)N(c2ccccc2)c2ccccc21)c1ccccc1Cl. The second kappa shape index (κ2) is 7.05. The number of nitrogens with zero attached hydrogens (tertiary/aromatic N) is 2. The Hall–Kier alpha value is -3.44. The highest BCUT2D eigenvalue weighted by Crippen LogP contribution is 2.35. The second-order valence-corrected chi connectivity index (χ2v) is 6.20. The Morgan fingerprint density at radius 2 is 1.56 bits per heavy atom. The van der Waals surface area contributed by atoms with Crippen LogP contribution in [0.5, 0.6) is 0 Å². The van der Waals surface area contributed by atoms with Gasteiger partial charge in [-0.15, -0.1) is 0 Å². The summed E-state index contributed by atoms with van der Waals surface area (Å²) >= 11 is 6.00. The fourth-order valence-corrected chi connectivity index (χ4v) is 3.10. The van der Waals surface area contributed by atoms with Crippen LogP contribution in [0.4, 0.5) is 11.4 Å². The molecule has 1 aliphatic rings. The summed E-state index contributed by atoms with van der Waals surface area (Å²) in [5, 5.41) is 4.11. The minimum atomic E-state index is -0.725. The molecule has 0 unspecified atom stereocenters. The number of fused-ring (bicyclic) bond motifs is 1. The fraction of sp³-hybridized carbons (Fsp3) is 0. The second-order valence-electron chi connectivity index (χ2n) is 5.79. The number of benzene rings is 3. The van der Waals surface area contributed by atoms with Crippen LogP contribution < -0.4 is 4.90 Å². The highest BCUT2D eigenvalue weighted by molar-refractivity contribution is 6.55. The van der Waals surface area contributed by atoms with Crippen molar-refractivity contribution < 1.29 is 14.4 Å². The van der Waals surface area contributed by atoms with Crippen LogP contribution in [-0.2, 0) is 9.63 Å². The zero-order chi connectivity index (χ0) is 18.8. The number of carbonyl (C=O) groups excluding carboxylic acids is 2. The molecule has 3 aromatic carbocycles. The maximum Gasteiger partial charge on any atom is 0.367 e. The van der Waals surface area contributed by atoms with Gasteiger partial charge in [-0.25, -0.2) is 4.79 Å². The van der Waals surface area contributed by atoms with E-state index in [-0.39, 0.29) is 22.2 Å². The van der Waals surface area contributed by atoms with Crippen LogP contribution in [0.1, 0.15) is 15.9 Å². The van der Waals surface area contributed by atoms with E-state index in [2.05, 4.69) is 5.16 Å². The molecule has 1 heterocycles. The third kappa shape index (κ3) is 3.09. The van der Waals surface area contributed by atoms with Gasteiger partial charge in [0.1, 0.15) is 0 Å². The lowest BCUT2D eigenvalue weighted by molar-refractivity contribution is -0.111. The largest absolute Gasteiger partial charge is 0.367 e. The number of carbonyl (C=O) groups is 2. The smallest absolute Gasteiger partial charge is 0.312 e. The van der Waals surface area contributed by atoms with Gasteiger partial charge in [0.25, 0.3) is 5.91 Å². The molecule has 132 valence electrons. The Morgan fingerprint density at radius 1 is 0.889 bits per heavy atom. The normalized spacial score (nSPS) is 14.3. The van der Waals surface area contributed by atoms with Crippen LogP contribution in [0.15, 0.2) is 84.0 Å². The molecule has 5 nitrogen and oxygen atoms in total. The van der Waals surface area contributed by atoms with E-state index < -0.39 is 5.97 Å². The zero-order valence-corrected chi connectivity index (χ0v) is 14.8. The van der Waals surface area contributed by atoms with Crippen molar-refractivity contribution in [2.45, 2.75) is 0 Å². The van der Waals surface area contributed by atoms with Crippen molar-refractivity contribution in [1.82, 2.24) is 0 Å². The minimum absolute atomic E-state index is 0.0647. The Morgan fingerprint density at radius 3 is 2.33 bits per heavy atom. The number of hydrogen-bond donors (Lipinski definition) is 0. The van der Waals surface area contributed by atoms with E-state index in [0.29, 0.717) is 16.9 Å². The lowest BCUT2D eigenvalue weighted by Gasteiger charge is -2.16.